The Morgan fingerprint density at radius 1 is 1.17 bits per heavy atom. The van der Waals surface area contributed by atoms with E-state index >= 15 is 0 Å². The SMILES string of the molecule is CC(C)C.c1cc2cocc2o1. The predicted molar refractivity (Wildman–Crippen MR) is 49.0 cm³/mol. The highest BCUT2D eigenvalue weighted by Crippen LogP contribution is 2.14. The van der Waals surface area contributed by atoms with Crippen molar-refractivity contribution in [2.45, 2.75) is 20.8 Å². The third-order valence-electron chi connectivity index (χ3n) is 1.10. The van der Waals surface area contributed by atoms with Crippen LogP contribution in [0.15, 0.2) is 33.7 Å². The number of rotatable bonds is 0. The summed E-state index contributed by atoms with van der Waals surface area (Å²) in [5.41, 5.74) is 0.810. The second-order valence-electron chi connectivity index (χ2n) is 3.34. The molecule has 2 heterocycles. The molecule has 0 N–H and O–H groups in total. The van der Waals surface area contributed by atoms with Crippen LogP contribution in [0.1, 0.15) is 20.8 Å². The molecule has 0 aromatic carbocycles. The van der Waals surface area contributed by atoms with Gasteiger partial charge in [0.2, 0.25) is 0 Å². The molecule has 0 spiro atoms. The Hall–Kier alpha value is -1.18. The highest BCUT2D eigenvalue weighted by atomic mass is 16.4. The summed E-state index contributed by atoms with van der Waals surface area (Å²) in [4.78, 5) is 0. The van der Waals surface area contributed by atoms with Crippen LogP contribution in [-0.2, 0) is 0 Å². The van der Waals surface area contributed by atoms with Crippen LogP contribution >= 0.6 is 0 Å². The zero-order valence-corrected chi connectivity index (χ0v) is 7.70. The summed E-state index contributed by atoms with van der Waals surface area (Å²) in [6.45, 7) is 6.50. The molecule has 0 amide bonds. The largest absolute Gasteiger partial charge is 0.468 e. The zero-order chi connectivity index (χ0) is 8.97. The van der Waals surface area contributed by atoms with Gasteiger partial charge in [0.1, 0.15) is 12.5 Å². The number of fused-ring (bicyclic) bond motifs is 1. The van der Waals surface area contributed by atoms with Crippen LogP contribution in [0.5, 0.6) is 0 Å². The van der Waals surface area contributed by atoms with E-state index in [1.54, 1.807) is 18.8 Å². The molecule has 0 saturated carbocycles. The number of furan rings is 2. The van der Waals surface area contributed by atoms with Crippen LogP contribution in [0.2, 0.25) is 0 Å². The topological polar surface area (TPSA) is 26.3 Å². The second kappa shape index (κ2) is 4.00. The van der Waals surface area contributed by atoms with Crippen molar-refractivity contribution in [2.75, 3.05) is 0 Å². The molecule has 0 aliphatic heterocycles. The number of hydrogen-bond acceptors (Lipinski definition) is 2. The molecule has 0 atom stereocenters. The normalized spacial score (nSPS) is 10.0. The van der Waals surface area contributed by atoms with Gasteiger partial charge < -0.3 is 8.83 Å². The Labute approximate surface area is 72.2 Å². The molecular weight excluding hydrogens is 152 g/mol. The van der Waals surface area contributed by atoms with Gasteiger partial charge in [0, 0.05) is 0 Å². The summed E-state index contributed by atoms with van der Waals surface area (Å²) in [6.07, 6.45) is 4.87. The van der Waals surface area contributed by atoms with Crippen LogP contribution < -0.4 is 0 Å². The van der Waals surface area contributed by atoms with Gasteiger partial charge >= 0.3 is 0 Å². The van der Waals surface area contributed by atoms with Crippen LogP contribution in [0, 0.1) is 5.92 Å². The molecule has 12 heavy (non-hydrogen) atoms. The van der Waals surface area contributed by atoms with Crippen LogP contribution in [0.4, 0.5) is 0 Å². The third kappa shape index (κ3) is 2.46. The molecule has 0 fully saturated rings. The minimum absolute atomic E-state index is 0.810. The van der Waals surface area contributed by atoms with Crippen molar-refractivity contribution in [3.05, 3.63) is 24.9 Å². The predicted octanol–water partition coefficient (Wildman–Crippen LogP) is 3.69. The molecule has 0 saturated heterocycles. The van der Waals surface area contributed by atoms with Gasteiger partial charge in [0.15, 0.2) is 5.58 Å². The fraction of sp³-hybridized carbons (Fsp3) is 0.400. The summed E-state index contributed by atoms with van der Waals surface area (Å²) in [7, 11) is 0. The zero-order valence-electron chi connectivity index (χ0n) is 7.70. The van der Waals surface area contributed by atoms with E-state index in [9.17, 15) is 0 Å². The molecule has 0 bridgehead atoms. The summed E-state index contributed by atoms with van der Waals surface area (Å²) < 4.78 is 9.78. The maximum Gasteiger partial charge on any atom is 0.171 e. The molecule has 2 aromatic heterocycles. The van der Waals surface area contributed by atoms with E-state index in [4.69, 9.17) is 8.83 Å². The molecule has 0 unspecified atom stereocenters. The van der Waals surface area contributed by atoms with E-state index in [1.807, 2.05) is 6.07 Å². The monoisotopic (exact) mass is 166 g/mol. The van der Waals surface area contributed by atoms with Crippen molar-refractivity contribution in [1.29, 1.82) is 0 Å². The minimum atomic E-state index is 0.810. The Bertz CT molecular complexity index is 263. The lowest BCUT2D eigenvalue weighted by atomic mass is 10.3. The highest BCUT2D eigenvalue weighted by molar-refractivity contribution is 5.74. The first-order chi connectivity index (χ1) is 5.70. The van der Waals surface area contributed by atoms with E-state index < -0.39 is 0 Å². The fourth-order valence-corrected chi connectivity index (χ4v) is 0.693. The van der Waals surface area contributed by atoms with Gasteiger partial charge in [-0.3, -0.25) is 0 Å². The van der Waals surface area contributed by atoms with Crippen molar-refractivity contribution in [2.24, 2.45) is 5.92 Å². The molecule has 2 heteroatoms. The second-order valence-corrected chi connectivity index (χ2v) is 3.34. The van der Waals surface area contributed by atoms with Crippen molar-refractivity contribution >= 4 is 11.0 Å². The Kier molecular flexibility index (Phi) is 2.97. The first kappa shape index (κ1) is 8.91. The molecule has 66 valence electrons. The van der Waals surface area contributed by atoms with Gasteiger partial charge in [-0.1, -0.05) is 20.8 Å². The maximum absolute atomic E-state index is 4.96. The van der Waals surface area contributed by atoms with Crippen molar-refractivity contribution in [3.63, 3.8) is 0 Å². The summed E-state index contributed by atoms with van der Waals surface area (Å²) in [5, 5.41) is 1.02. The first-order valence-corrected chi connectivity index (χ1v) is 4.09. The molecule has 0 radical (unpaired) electrons. The highest BCUT2D eigenvalue weighted by Gasteiger charge is 1.94. The van der Waals surface area contributed by atoms with E-state index in [0.29, 0.717) is 0 Å². The van der Waals surface area contributed by atoms with Gasteiger partial charge in [-0.15, -0.1) is 0 Å². The van der Waals surface area contributed by atoms with Gasteiger partial charge in [-0.2, -0.15) is 0 Å². The van der Waals surface area contributed by atoms with Crippen LogP contribution in [-0.4, -0.2) is 0 Å². The number of hydrogen-bond donors (Lipinski definition) is 0. The van der Waals surface area contributed by atoms with Crippen LogP contribution in [0.25, 0.3) is 11.0 Å². The third-order valence-corrected chi connectivity index (χ3v) is 1.10. The lowest BCUT2D eigenvalue weighted by Gasteiger charge is -1.79. The summed E-state index contributed by atoms with van der Waals surface area (Å²) in [6, 6.07) is 1.86. The van der Waals surface area contributed by atoms with Crippen LogP contribution in [0.3, 0.4) is 0 Å². The average molecular weight is 166 g/mol. The molecule has 2 rings (SSSR count). The summed E-state index contributed by atoms with van der Waals surface area (Å²) in [5.74, 6) is 0.833. The fourth-order valence-electron chi connectivity index (χ4n) is 0.693. The summed E-state index contributed by atoms with van der Waals surface area (Å²) >= 11 is 0. The van der Waals surface area contributed by atoms with Crippen molar-refractivity contribution < 1.29 is 8.83 Å². The van der Waals surface area contributed by atoms with Gasteiger partial charge in [0.05, 0.1) is 11.6 Å². The average Bonchev–Trinajstić information content (AvgIpc) is 2.40. The first-order valence-electron chi connectivity index (χ1n) is 4.09. The Morgan fingerprint density at radius 3 is 2.42 bits per heavy atom. The van der Waals surface area contributed by atoms with Crippen molar-refractivity contribution in [3.8, 4) is 0 Å². The van der Waals surface area contributed by atoms with Crippen molar-refractivity contribution in [1.82, 2.24) is 0 Å². The Balaban J connectivity index is 0.000000157. The van der Waals surface area contributed by atoms with Gasteiger partial charge in [-0.25, -0.2) is 0 Å². The molecule has 2 aromatic rings. The Morgan fingerprint density at radius 2 is 1.83 bits per heavy atom. The lowest BCUT2D eigenvalue weighted by molar-refractivity contribution is 0.549. The quantitative estimate of drug-likeness (QED) is 0.596. The van der Waals surface area contributed by atoms with E-state index in [1.165, 1.54) is 0 Å². The van der Waals surface area contributed by atoms with Gasteiger partial charge in [0.25, 0.3) is 0 Å². The maximum atomic E-state index is 4.96. The van der Waals surface area contributed by atoms with E-state index in [0.717, 1.165) is 16.9 Å². The van der Waals surface area contributed by atoms with Gasteiger partial charge in [-0.05, 0) is 12.0 Å². The van der Waals surface area contributed by atoms with E-state index in [2.05, 4.69) is 20.8 Å². The standard InChI is InChI=1S/C6H4O2.C4H10/c1-2-8-6-4-7-3-5(1)6;1-4(2)3/h1-4H;4H,1-3H3. The molecule has 0 aliphatic carbocycles. The van der Waals surface area contributed by atoms with E-state index in [-0.39, 0.29) is 0 Å². The molecule has 0 aliphatic rings. The minimum Gasteiger partial charge on any atom is -0.468 e. The smallest absolute Gasteiger partial charge is 0.171 e. The lowest BCUT2D eigenvalue weighted by Crippen LogP contribution is -1.66. The molecular formula is C10H14O2. The molecule has 2 nitrogen and oxygen atoms in total.